The van der Waals surface area contributed by atoms with E-state index < -0.39 is 22.9 Å². The van der Waals surface area contributed by atoms with E-state index in [0.717, 1.165) is 0 Å². The van der Waals surface area contributed by atoms with Crippen molar-refractivity contribution >= 4 is 16.9 Å². The molecule has 17 heavy (non-hydrogen) atoms. The van der Waals surface area contributed by atoms with Crippen molar-refractivity contribution in [2.75, 3.05) is 6.61 Å². The molecule has 1 aromatic carbocycles. The van der Waals surface area contributed by atoms with E-state index in [-0.39, 0.29) is 17.6 Å². The molecule has 88 valence electrons. The third-order valence-corrected chi connectivity index (χ3v) is 2.23. The highest BCUT2D eigenvalue weighted by Gasteiger charge is 2.20. The number of fused-ring (bicyclic) bond motifs is 1. The summed E-state index contributed by atoms with van der Waals surface area (Å²) >= 11 is 0. The maximum Gasteiger partial charge on any atom is 0.378 e. The number of hydrogen-bond acceptors (Lipinski definition) is 5. The number of benzene rings is 1. The zero-order chi connectivity index (χ0) is 12.4. The van der Waals surface area contributed by atoms with Gasteiger partial charge in [0.25, 0.3) is 5.76 Å². The van der Waals surface area contributed by atoms with Gasteiger partial charge < -0.3 is 14.3 Å². The molecule has 2 rings (SSSR count). The van der Waals surface area contributed by atoms with Gasteiger partial charge in [-0.1, -0.05) is 12.1 Å². The Morgan fingerprint density at radius 2 is 2.12 bits per heavy atom. The summed E-state index contributed by atoms with van der Waals surface area (Å²) in [5.74, 6) is -2.04. The van der Waals surface area contributed by atoms with Gasteiger partial charge in [0.15, 0.2) is 0 Å². The fourth-order valence-corrected chi connectivity index (χ4v) is 1.47. The molecule has 0 spiro atoms. The highest BCUT2D eigenvalue weighted by molar-refractivity contribution is 5.92. The van der Waals surface area contributed by atoms with Gasteiger partial charge in [0.1, 0.15) is 5.58 Å². The summed E-state index contributed by atoms with van der Waals surface area (Å²) in [5, 5.41) is 9.81. The predicted octanol–water partition coefficient (Wildman–Crippen LogP) is 1.68. The van der Waals surface area contributed by atoms with Crippen LogP contribution in [0.5, 0.6) is 5.75 Å². The van der Waals surface area contributed by atoms with Gasteiger partial charge >= 0.3 is 5.97 Å². The Morgan fingerprint density at radius 1 is 1.41 bits per heavy atom. The maximum atomic E-state index is 11.7. The molecule has 0 amide bonds. The zero-order valence-corrected chi connectivity index (χ0v) is 9.10. The predicted molar refractivity (Wildman–Crippen MR) is 60.1 cm³/mol. The van der Waals surface area contributed by atoms with E-state index >= 15 is 0 Å². The molecule has 2 aromatic rings. The van der Waals surface area contributed by atoms with Crippen LogP contribution in [0.15, 0.2) is 33.5 Å². The van der Waals surface area contributed by atoms with E-state index in [1.807, 2.05) is 0 Å². The second-order valence-corrected chi connectivity index (χ2v) is 3.33. The van der Waals surface area contributed by atoms with E-state index in [2.05, 4.69) is 4.74 Å². The van der Waals surface area contributed by atoms with Gasteiger partial charge in [-0.3, -0.25) is 4.79 Å². The molecule has 1 N–H and O–H groups in total. The quantitative estimate of drug-likeness (QED) is 0.800. The van der Waals surface area contributed by atoms with Crippen molar-refractivity contribution in [2.45, 2.75) is 6.92 Å². The van der Waals surface area contributed by atoms with Gasteiger partial charge in [-0.05, 0) is 19.1 Å². The molecule has 0 atom stereocenters. The van der Waals surface area contributed by atoms with E-state index in [0.29, 0.717) is 0 Å². The van der Waals surface area contributed by atoms with Crippen LogP contribution in [0.25, 0.3) is 11.0 Å². The molecular formula is C12H10O5. The van der Waals surface area contributed by atoms with Crippen molar-refractivity contribution in [2.24, 2.45) is 0 Å². The van der Waals surface area contributed by atoms with Crippen molar-refractivity contribution in [3.05, 3.63) is 40.2 Å². The standard InChI is InChI=1S/C12H10O5/c1-2-16-12(15)11-10(14)9(13)7-5-3-4-6-8(7)17-11/h3-6,14H,2H2,1H3. The summed E-state index contributed by atoms with van der Waals surface area (Å²) < 4.78 is 9.84. The number of esters is 1. The van der Waals surface area contributed by atoms with Gasteiger partial charge in [-0.15, -0.1) is 0 Å². The molecule has 0 fully saturated rings. The van der Waals surface area contributed by atoms with Crippen LogP contribution in [0, 0.1) is 0 Å². The minimum Gasteiger partial charge on any atom is -0.501 e. The number of carbonyl (C=O) groups excluding carboxylic acids is 1. The summed E-state index contributed by atoms with van der Waals surface area (Å²) in [7, 11) is 0. The monoisotopic (exact) mass is 234 g/mol. The molecule has 5 heteroatoms. The van der Waals surface area contributed by atoms with Gasteiger partial charge in [-0.25, -0.2) is 4.79 Å². The second-order valence-electron chi connectivity index (χ2n) is 3.33. The molecule has 0 aliphatic heterocycles. The van der Waals surface area contributed by atoms with Crippen LogP contribution in [0.2, 0.25) is 0 Å². The fourth-order valence-electron chi connectivity index (χ4n) is 1.47. The SMILES string of the molecule is CCOC(=O)c1oc2ccccc2c(=O)c1O. The Bertz CT molecular complexity index is 626. The highest BCUT2D eigenvalue weighted by Crippen LogP contribution is 2.20. The highest BCUT2D eigenvalue weighted by atomic mass is 16.5. The van der Waals surface area contributed by atoms with Gasteiger partial charge in [0, 0.05) is 0 Å². The minimum atomic E-state index is -0.854. The van der Waals surface area contributed by atoms with E-state index in [1.165, 1.54) is 6.07 Å². The molecule has 0 radical (unpaired) electrons. The Kier molecular flexibility index (Phi) is 2.82. The van der Waals surface area contributed by atoms with E-state index in [9.17, 15) is 14.7 Å². The Labute approximate surface area is 96.2 Å². The maximum absolute atomic E-state index is 11.7. The summed E-state index contributed by atoms with van der Waals surface area (Å²) in [6.07, 6.45) is 0. The van der Waals surface area contributed by atoms with Gasteiger partial charge in [0.2, 0.25) is 11.2 Å². The first-order valence-corrected chi connectivity index (χ1v) is 5.07. The van der Waals surface area contributed by atoms with Crippen LogP contribution in [0.4, 0.5) is 0 Å². The van der Waals surface area contributed by atoms with Gasteiger partial charge in [-0.2, -0.15) is 0 Å². The molecule has 0 saturated heterocycles. The van der Waals surface area contributed by atoms with Crippen LogP contribution in [0.1, 0.15) is 17.5 Å². The molecule has 0 unspecified atom stereocenters. The van der Waals surface area contributed by atoms with Crippen LogP contribution in [-0.4, -0.2) is 17.7 Å². The largest absolute Gasteiger partial charge is 0.501 e. The molecule has 0 saturated carbocycles. The van der Waals surface area contributed by atoms with Crippen molar-refractivity contribution in [3.8, 4) is 5.75 Å². The molecule has 0 aliphatic rings. The number of carbonyl (C=O) groups is 1. The lowest BCUT2D eigenvalue weighted by Crippen LogP contribution is -2.11. The van der Waals surface area contributed by atoms with Crippen molar-refractivity contribution in [3.63, 3.8) is 0 Å². The topological polar surface area (TPSA) is 76.7 Å². The number of aromatic hydroxyl groups is 1. The van der Waals surface area contributed by atoms with Crippen LogP contribution in [0.3, 0.4) is 0 Å². The smallest absolute Gasteiger partial charge is 0.378 e. The first-order chi connectivity index (χ1) is 8.15. The molecule has 0 bridgehead atoms. The third kappa shape index (κ3) is 1.87. The lowest BCUT2D eigenvalue weighted by Gasteiger charge is -2.04. The third-order valence-electron chi connectivity index (χ3n) is 2.23. The molecule has 1 aromatic heterocycles. The normalized spacial score (nSPS) is 10.4. The molecule has 1 heterocycles. The Morgan fingerprint density at radius 3 is 2.82 bits per heavy atom. The first kappa shape index (κ1) is 11.2. The Hall–Kier alpha value is -2.30. The van der Waals surface area contributed by atoms with E-state index in [1.54, 1.807) is 25.1 Å². The van der Waals surface area contributed by atoms with Crippen molar-refractivity contribution in [1.29, 1.82) is 0 Å². The molecular weight excluding hydrogens is 224 g/mol. The van der Waals surface area contributed by atoms with Gasteiger partial charge in [0.05, 0.1) is 12.0 Å². The van der Waals surface area contributed by atoms with Crippen molar-refractivity contribution in [1.82, 2.24) is 0 Å². The fraction of sp³-hybridized carbons (Fsp3) is 0.167. The van der Waals surface area contributed by atoms with Crippen LogP contribution < -0.4 is 5.43 Å². The molecule has 5 nitrogen and oxygen atoms in total. The number of hydrogen-bond donors (Lipinski definition) is 1. The first-order valence-electron chi connectivity index (χ1n) is 5.07. The summed E-state index contributed by atoms with van der Waals surface area (Å²) in [4.78, 5) is 23.2. The summed E-state index contributed by atoms with van der Waals surface area (Å²) in [6.45, 7) is 1.75. The second kappa shape index (κ2) is 4.29. The number of para-hydroxylation sites is 1. The zero-order valence-electron chi connectivity index (χ0n) is 9.10. The lowest BCUT2D eigenvalue weighted by molar-refractivity contribution is 0.0485. The van der Waals surface area contributed by atoms with Crippen molar-refractivity contribution < 1.29 is 19.1 Å². The number of rotatable bonds is 2. The van der Waals surface area contributed by atoms with E-state index in [4.69, 9.17) is 4.42 Å². The molecule has 0 aliphatic carbocycles. The summed E-state index contributed by atoms with van der Waals surface area (Å²) in [5.41, 5.74) is -0.409. The average Bonchev–Trinajstić information content (AvgIpc) is 2.34. The average molecular weight is 234 g/mol. The van der Waals surface area contributed by atoms with Crippen LogP contribution in [-0.2, 0) is 4.74 Å². The Balaban J connectivity index is 2.70. The number of ether oxygens (including phenoxy) is 1. The lowest BCUT2D eigenvalue weighted by atomic mass is 10.2. The van der Waals surface area contributed by atoms with Crippen LogP contribution >= 0.6 is 0 Å². The summed E-state index contributed by atoms with van der Waals surface area (Å²) in [6, 6.07) is 6.36. The minimum absolute atomic E-state index is 0.134.